The zero-order chi connectivity index (χ0) is 25.4. The van der Waals surface area contributed by atoms with Gasteiger partial charge in [-0.1, -0.05) is 20.8 Å². The summed E-state index contributed by atoms with van der Waals surface area (Å²) in [5.41, 5.74) is 8.10. The molecule has 10 heteroatoms. The summed E-state index contributed by atoms with van der Waals surface area (Å²) in [5, 5.41) is 8.53. The summed E-state index contributed by atoms with van der Waals surface area (Å²) >= 11 is 0. The standard InChI is InChI=1S/C24H30N4O5S/c1-6-33-21-10-15-12-28(22(25)16(15)11-17(21)23(26)30)13-20(29)14-7-8-19(27-34(5,31)32)18(9-14)24(2,3)4/h7-11,25,27H,6,12-13H2,1-5H3,(H2,26,30). The van der Waals surface area contributed by atoms with Gasteiger partial charge < -0.3 is 15.4 Å². The third-order valence-corrected chi connectivity index (χ3v) is 6.07. The molecule has 0 unspecified atom stereocenters. The van der Waals surface area contributed by atoms with Gasteiger partial charge in [-0.15, -0.1) is 0 Å². The number of rotatable bonds is 8. The van der Waals surface area contributed by atoms with Crippen molar-refractivity contribution >= 4 is 33.2 Å². The second-order valence-corrected chi connectivity index (χ2v) is 11.1. The van der Waals surface area contributed by atoms with E-state index in [0.717, 1.165) is 11.8 Å². The fourth-order valence-electron chi connectivity index (χ4n) is 3.92. The van der Waals surface area contributed by atoms with Crippen LogP contribution in [0.1, 0.15) is 65.1 Å². The number of ketones is 1. The Morgan fingerprint density at radius 3 is 2.44 bits per heavy atom. The number of nitrogens with zero attached hydrogens (tertiary/aromatic N) is 1. The van der Waals surface area contributed by atoms with Crippen LogP contribution >= 0.6 is 0 Å². The van der Waals surface area contributed by atoms with Gasteiger partial charge in [0.15, 0.2) is 5.78 Å². The smallest absolute Gasteiger partial charge is 0.252 e. The molecule has 0 fully saturated rings. The van der Waals surface area contributed by atoms with Gasteiger partial charge in [0, 0.05) is 17.7 Å². The zero-order valence-electron chi connectivity index (χ0n) is 20.0. The number of ether oxygens (including phenoxy) is 1. The highest BCUT2D eigenvalue weighted by atomic mass is 32.2. The maximum atomic E-state index is 13.1. The number of sulfonamides is 1. The van der Waals surface area contributed by atoms with Gasteiger partial charge in [-0.3, -0.25) is 19.7 Å². The molecule has 0 saturated heterocycles. The molecule has 1 heterocycles. The largest absolute Gasteiger partial charge is 0.493 e. The third-order valence-electron chi connectivity index (χ3n) is 5.48. The third kappa shape index (κ3) is 5.39. The van der Waals surface area contributed by atoms with Gasteiger partial charge in [0.1, 0.15) is 11.6 Å². The molecule has 1 amide bonds. The van der Waals surface area contributed by atoms with E-state index in [9.17, 15) is 18.0 Å². The highest BCUT2D eigenvalue weighted by Gasteiger charge is 2.29. The second kappa shape index (κ2) is 9.09. The average molecular weight is 487 g/mol. The number of anilines is 1. The van der Waals surface area contributed by atoms with Crippen LogP contribution < -0.4 is 15.2 Å². The van der Waals surface area contributed by atoms with Crippen LogP contribution in [0.5, 0.6) is 5.75 Å². The van der Waals surface area contributed by atoms with Crippen LogP contribution in [-0.4, -0.2) is 50.3 Å². The van der Waals surface area contributed by atoms with Crippen molar-refractivity contribution in [1.82, 2.24) is 4.90 Å². The van der Waals surface area contributed by atoms with E-state index < -0.39 is 21.3 Å². The molecule has 0 saturated carbocycles. The molecule has 4 N–H and O–H groups in total. The molecule has 1 aliphatic heterocycles. The minimum Gasteiger partial charge on any atom is -0.493 e. The quantitative estimate of drug-likeness (QED) is 0.490. The molecule has 0 radical (unpaired) electrons. The number of primary amides is 1. The number of hydrogen-bond acceptors (Lipinski definition) is 6. The first kappa shape index (κ1) is 25.2. The molecule has 182 valence electrons. The summed E-state index contributed by atoms with van der Waals surface area (Å²) in [7, 11) is -3.48. The lowest BCUT2D eigenvalue weighted by atomic mass is 9.84. The van der Waals surface area contributed by atoms with Gasteiger partial charge in [0.2, 0.25) is 10.0 Å². The number of hydrogen-bond donors (Lipinski definition) is 3. The van der Waals surface area contributed by atoms with Gasteiger partial charge in [-0.2, -0.15) is 0 Å². The minimum atomic E-state index is -3.48. The summed E-state index contributed by atoms with van der Waals surface area (Å²) in [6.07, 6.45) is 1.08. The lowest BCUT2D eigenvalue weighted by Gasteiger charge is -2.24. The first-order valence-corrected chi connectivity index (χ1v) is 12.7. The highest BCUT2D eigenvalue weighted by Crippen LogP contribution is 2.33. The molecule has 0 aromatic heterocycles. The van der Waals surface area contributed by atoms with Crippen LogP contribution in [0.25, 0.3) is 0 Å². The van der Waals surface area contributed by atoms with Gasteiger partial charge >= 0.3 is 0 Å². The minimum absolute atomic E-state index is 0.0498. The topological polar surface area (TPSA) is 143 Å². The molecule has 9 nitrogen and oxygen atoms in total. The summed E-state index contributed by atoms with van der Waals surface area (Å²) < 4.78 is 31.6. The lowest BCUT2D eigenvalue weighted by Crippen LogP contribution is -2.30. The maximum Gasteiger partial charge on any atom is 0.252 e. The molecule has 1 aliphatic rings. The predicted molar refractivity (Wildman–Crippen MR) is 131 cm³/mol. The maximum absolute atomic E-state index is 13.1. The Balaban J connectivity index is 1.88. The fraction of sp³-hybridized carbons (Fsp3) is 0.375. The highest BCUT2D eigenvalue weighted by molar-refractivity contribution is 7.92. The average Bonchev–Trinajstić information content (AvgIpc) is 3.00. The normalized spacial score (nSPS) is 13.6. The van der Waals surface area contributed by atoms with Crippen LogP contribution in [0.15, 0.2) is 30.3 Å². The van der Waals surface area contributed by atoms with Gasteiger partial charge in [-0.05, 0) is 53.8 Å². The number of nitrogens with one attached hydrogen (secondary N) is 2. The molecule has 2 aromatic carbocycles. The van der Waals surface area contributed by atoms with Gasteiger partial charge in [-0.25, -0.2) is 8.42 Å². The predicted octanol–water partition coefficient (Wildman–Crippen LogP) is 2.88. The number of amidine groups is 1. The van der Waals surface area contributed by atoms with Crippen molar-refractivity contribution in [2.45, 2.75) is 39.7 Å². The van der Waals surface area contributed by atoms with E-state index in [-0.39, 0.29) is 23.7 Å². The van der Waals surface area contributed by atoms with Gasteiger partial charge in [0.25, 0.3) is 5.91 Å². The van der Waals surface area contributed by atoms with E-state index in [1.807, 2.05) is 20.8 Å². The summed E-state index contributed by atoms with van der Waals surface area (Å²) in [6, 6.07) is 8.10. The number of Topliss-reactive ketones (excluding diaryl/α,β-unsaturated/α-hetero) is 1. The van der Waals surface area contributed by atoms with E-state index in [1.165, 1.54) is 0 Å². The molecular formula is C24H30N4O5S. The zero-order valence-corrected chi connectivity index (χ0v) is 20.8. The second-order valence-electron chi connectivity index (χ2n) is 9.32. The van der Waals surface area contributed by atoms with Crippen molar-refractivity contribution in [2.24, 2.45) is 5.73 Å². The Hall–Kier alpha value is -3.40. The Labute approximate surface area is 199 Å². The Morgan fingerprint density at radius 2 is 1.88 bits per heavy atom. The van der Waals surface area contributed by atoms with Crippen molar-refractivity contribution in [2.75, 3.05) is 24.1 Å². The lowest BCUT2D eigenvalue weighted by molar-refractivity contribution is 0.0960. The molecule has 34 heavy (non-hydrogen) atoms. The molecule has 2 aromatic rings. The molecule has 0 spiro atoms. The van der Waals surface area contributed by atoms with E-state index in [4.69, 9.17) is 15.9 Å². The molecule has 3 rings (SSSR count). The number of carbonyl (C=O) groups is 2. The summed E-state index contributed by atoms with van der Waals surface area (Å²) in [6.45, 7) is 8.23. The molecule has 0 aliphatic carbocycles. The van der Waals surface area contributed by atoms with Crippen LogP contribution in [-0.2, 0) is 22.0 Å². The number of benzene rings is 2. The van der Waals surface area contributed by atoms with E-state index >= 15 is 0 Å². The van der Waals surface area contributed by atoms with E-state index in [2.05, 4.69) is 4.72 Å². The molecular weight excluding hydrogens is 456 g/mol. The van der Waals surface area contributed by atoms with Crippen molar-refractivity contribution in [1.29, 1.82) is 5.41 Å². The van der Waals surface area contributed by atoms with Crippen molar-refractivity contribution < 1.29 is 22.7 Å². The number of carbonyl (C=O) groups excluding carboxylic acids is 2. The van der Waals surface area contributed by atoms with Crippen molar-refractivity contribution in [3.05, 3.63) is 58.1 Å². The Morgan fingerprint density at radius 1 is 1.21 bits per heavy atom. The van der Waals surface area contributed by atoms with Crippen LogP contribution in [0.2, 0.25) is 0 Å². The van der Waals surface area contributed by atoms with Crippen molar-refractivity contribution in [3.8, 4) is 5.75 Å². The molecule has 0 atom stereocenters. The SMILES string of the molecule is CCOc1cc2c(cc1C(N)=O)C(=N)N(CC(=O)c1ccc(NS(C)(=O)=O)c(C(C)(C)C)c1)C2. The summed E-state index contributed by atoms with van der Waals surface area (Å²) in [5.74, 6) is -0.376. The number of nitrogens with two attached hydrogens (primary N) is 1. The van der Waals surface area contributed by atoms with Crippen LogP contribution in [0, 0.1) is 5.41 Å². The first-order valence-electron chi connectivity index (χ1n) is 10.8. The van der Waals surface area contributed by atoms with Crippen LogP contribution in [0.3, 0.4) is 0 Å². The number of amides is 1. The number of fused-ring (bicyclic) bond motifs is 1. The monoisotopic (exact) mass is 486 g/mol. The molecule has 0 bridgehead atoms. The van der Waals surface area contributed by atoms with E-state index in [1.54, 1.807) is 42.2 Å². The Kier molecular flexibility index (Phi) is 6.75. The fourth-order valence-corrected chi connectivity index (χ4v) is 4.50. The summed E-state index contributed by atoms with van der Waals surface area (Å²) in [4.78, 5) is 26.6. The van der Waals surface area contributed by atoms with Gasteiger partial charge in [0.05, 0.1) is 30.7 Å². The first-order chi connectivity index (χ1) is 15.7. The van der Waals surface area contributed by atoms with Crippen LogP contribution in [0.4, 0.5) is 5.69 Å². The van der Waals surface area contributed by atoms with Crippen molar-refractivity contribution in [3.63, 3.8) is 0 Å². The van der Waals surface area contributed by atoms with E-state index in [0.29, 0.717) is 41.3 Å². The Bertz CT molecular complexity index is 1280.